The monoisotopic (exact) mass is 543 g/mol. The molecule has 9 heteroatoms. The third-order valence-corrected chi connectivity index (χ3v) is 7.95. The van der Waals surface area contributed by atoms with E-state index >= 15 is 0 Å². The first-order valence-electron chi connectivity index (χ1n) is 13.2. The lowest BCUT2D eigenvalue weighted by molar-refractivity contribution is 0.00578. The van der Waals surface area contributed by atoms with Crippen LogP contribution >= 0.6 is 0 Å². The van der Waals surface area contributed by atoms with Gasteiger partial charge >= 0.3 is 19.2 Å². The van der Waals surface area contributed by atoms with Gasteiger partial charge in [0, 0.05) is 18.0 Å². The molecule has 1 fully saturated rings. The van der Waals surface area contributed by atoms with E-state index in [0.717, 1.165) is 22.3 Å². The average molecular weight is 543 g/mol. The molecule has 1 amide bonds. The van der Waals surface area contributed by atoms with E-state index in [-0.39, 0.29) is 30.2 Å². The van der Waals surface area contributed by atoms with Crippen molar-refractivity contribution in [1.29, 1.82) is 0 Å². The molecule has 3 aromatic carbocycles. The second-order valence-electron chi connectivity index (χ2n) is 11.0. The van der Waals surface area contributed by atoms with Crippen molar-refractivity contribution in [3.63, 3.8) is 0 Å². The van der Waals surface area contributed by atoms with Crippen LogP contribution in [0.1, 0.15) is 60.7 Å². The zero-order chi connectivity index (χ0) is 28.7. The van der Waals surface area contributed by atoms with E-state index in [9.17, 15) is 19.1 Å². The van der Waals surface area contributed by atoms with Crippen LogP contribution in [0.3, 0.4) is 0 Å². The fourth-order valence-electron chi connectivity index (χ4n) is 5.08. The number of carboxylic acid groups (broad SMARTS) is 1. The van der Waals surface area contributed by atoms with Crippen LogP contribution in [0.4, 0.5) is 9.18 Å². The Labute approximate surface area is 233 Å². The number of halogens is 1. The highest BCUT2D eigenvalue weighted by molar-refractivity contribution is 6.56. The number of alkyl carbamates (subject to hydrolysis) is 1. The second-order valence-corrected chi connectivity index (χ2v) is 11.0. The Hall–Kier alpha value is -3.95. The maximum atomic E-state index is 14.8. The first-order valence-corrected chi connectivity index (χ1v) is 13.2. The number of carboxylic acids is 1. The molecule has 1 saturated heterocycles. The van der Waals surface area contributed by atoms with E-state index in [2.05, 4.69) is 17.4 Å². The Morgan fingerprint density at radius 1 is 0.950 bits per heavy atom. The van der Waals surface area contributed by atoms with Crippen LogP contribution in [0.25, 0.3) is 17.2 Å². The molecule has 0 radical (unpaired) electrons. The summed E-state index contributed by atoms with van der Waals surface area (Å²) in [6.07, 6.45) is 0.696. The summed E-state index contributed by atoms with van der Waals surface area (Å²) >= 11 is 0. The summed E-state index contributed by atoms with van der Waals surface area (Å²) in [4.78, 5) is 24.7. The summed E-state index contributed by atoms with van der Waals surface area (Å²) in [7, 11) is -0.944. The topological polar surface area (TPSA) is 94.1 Å². The van der Waals surface area contributed by atoms with Crippen molar-refractivity contribution in [2.45, 2.75) is 44.8 Å². The minimum absolute atomic E-state index is 0.104. The fraction of sp³-hybridized carbons (Fsp3) is 0.290. The van der Waals surface area contributed by atoms with Crippen LogP contribution in [0.5, 0.6) is 0 Å². The number of carbonyl (C=O) groups is 2. The predicted octanol–water partition coefficient (Wildman–Crippen LogP) is 6.08. The Kier molecular flexibility index (Phi) is 7.29. The molecule has 1 heterocycles. The number of hydrogen-bond acceptors (Lipinski definition) is 5. The summed E-state index contributed by atoms with van der Waals surface area (Å²) in [5.74, 6) is -2.09. The zero-order valence-corrected chi connectivity index (χ0v) is 22.9. The third kappa shape index (κ3) is 5.14. The van der Waals surface area contributed by atoms with Gasteiger partial charge < -0.3 is 24.5 Å². The zero-order valence-electron chi connectivity index (χ0n) is 22.9. The van der Waals surface area contributed by atoms with Crippen molar-refractivity contribution in [3.8, 4) is 11.1 Å². The molecule has 0 atom stereocenters. The Bertz CT molecular complexity index is 1440. The number of nitrogens with one attached hydrogen (secondary N) is 1. The lowest BCUT2D eigenvalue weighted by atomic mass is 9.76. The van der Waals surface area contributed by atoms with Crippen molar-refractivity contribution in [3.05, 3.63) is 100 Å². The maximum Gasteiger partial charge on any atom is 0.492 e. The summed E-state index contributed by atoms with van der Waals surface area (Å²) in [5.41, 5.74) is 3.03. The largest absolute Gasteiger partial charge is 0.492 e. The predicted molar refractivity (Wildman–Crippen MR) is 150 cm³/mol. The van der Waals surface area contributed by atoms with Crippen molar-refractivity contribution in [1.82, 2.24) is 5.32 Å². The molecule has 206 valence electrons. The number of fused-ring (bicyclic) bond motifs is 3. The van der Waals surface area contributed by atoms with E-state index in [4.69, 9.17) is 14.0 Å². The van der Waals surface area contributed by atoms with Gasteiger partial charge in [-0.1, -0.05) is 60.7 Å². The highest BCUT2D eigenvalue weighted by atomic mass is 19.1. The van der Waals surface area contributed by atoms with E-state index in [1.165, 1.54) is 24.3 Å². The molecule has 2 N–H and O–H groups in total. The average Bonchev–Trinajstić information content (AvgIpc) is 3.34. The third-order valence-electron chi connectivity index (χ3n) is 7.95. The van der Waals surface area contributed by atoms with Crippen LogP contribution < -0.4 is 5.32 Å². The van der Waals surface area contributed by atoms with Gasteiger partial charge in [0.15, 0.2) is 0 Å². The summed E-state index contributed by atoms with van der Waals surface area (Å²) in [5, 5.41) is 12.3. The minimum Gasteiger partial charge on any atom is -0.478 e. The van der Waals surface area contributed by atoms with Gasteiger partial charge in [0.1, 0.15) is 12.4 Å². The SMILES string of the molecule is CC1(C)OB(C(=Cc2c(F)cccc2C(=O)O)CNC(=O)OCC2c3ccccc3-c3ccccc32)OC1(C)C. The normalized spacial score (nSPS) is 17.3. The molecule has 7 nitrogen and oxygen atoms in total. The first kappa shape index (κ1) is 27.6. The lowest BCUT2D eigenvalue weighted by Crippen LogP contribution is -2.41. The van der Waals surface area contributed by atoms with Gasteiger partial charge in [-0.3, -0.25) is 0 Å². The van der Waals surface area contributed by atoms with Crippen molar-refractivity contribution in [2.75, 3.05) is 13.2 Å². The van der Waals surface area contributed by atoms with E-state index in [0.29, 0.717) is 5.47 Å². The second kappa shape index (κ2) is 10.6. The molecule has 0 spiro atoms. The van der Waals surface area contributed by atoms with Crippen molar-refractivity contribution < 1.29 is 33.1 Å². The number of hydrogen-bond donors (Lipinski definition) is 2. The van der Waals surface area contributed by atoms with E-state index in [1.54, 1.807) is 0 Å². The van der Waals surface area contributed by atoms with Crippen molar-refractivity contribution in [2.24, 2.45) is 0 Å². The number of aromatic carboxylic acids is 1. The summed E-state index contributed by atoms with van der Waals surface area (Å²) < 4.78 is 32.7. The van der Waals surface area contributed by atoms with Gasteiger partial charge in [-0.15, -0.1) is 0 Å². The number of rotatable bonds is 7. The number of ether oxygens (including phenoxy) is 1. The fourth-order valence-corrected chi connectivity index (χ4v) is 5.08. The molecule has 5 rings (SSSR count). The van der Waals surface area contributed by atoms with Crippen molar-refractivity contribution >= 4 is 25.3 Å². The number of benzene rings is 3. The quantitative estimate of drug-likeness (QED) is 0.351. The molecule has 0 unspecified atom stereocenters. The first-order chi connectivity index (χ1) is 19.0. The van der Waals surface area contributed by atoms with Gasteiger partial charge in [0.05, 0.1) is 16.8 Å². The van der Waals surface area contributed by atoms with Gasteiger partial charge in [0.2, 0.25) is 0 Å². The smallest absolute Gasteiger partial charge is 0.478 e. The minimum atomic E-state index is -1.27. The summed E-state index contributed by atoms with van der Waals surface area (Å²) in [6.45, 7) is 7.50. The number of carbonyl (C=O) groups excluding carboxylic acids is 1. The highest BCUT2D eigenvalue weighted by Crippen LogP contribution is 2.44. The van der Waals surface area contributed by atoms with Gasteiger partial charge in [-0.25, -0.2) is 14.0 Å². The Morgan fingerprint density at radius 2 is 1.52 bits per heavy atom. The van der Waals surface area contributed by atoms with Crippen LogP contribution in [0.2, 0.25) is 0 Å². The molecular weight excluding hydrogens is 512 g/mol. The van der Waals surface area contributed by atoms with Crippen LogP contribution in [0, 0.1) is 5.82 Å². The highest BCUT2D eigenvalue weighted by Gasteiger charge is 2.52. The van der Waals surface area contributed by atoms with Gasteiger partial charge in [0.25, 0.3) is 0 Å². The van der Waals surface area contributed by atoms with E-state index in [1.807, 2.05) is 64.1 Å². The molecular formula is C31H31BFNO6. The maximum absolute atomic E-state index is 14.8. The molecule has 0 bridgehead atoms. The molecule has 1 aliphatic heterocycles. The van der Waals surface area contributed by atoms with Crippen LogP contribution in [0.15, 0.2) is 72.2 Å². The Balaban J connectivity index is 1.35. The molecule has 2 aliphatic rings. The number of amides is 1. The molecule has 40 heavy (non-hydrogen) atoms. The van der Waals surface area contributed by atoms with Crippen LogP contribution in [-0.4, -0.2) is 48.6 Å². The Morgan fingerprint density at radius 3 is 2.10 bits per heavy atom. The molecule has 0 aromatic heterocycles. The summed E-state index contributed by atoms with van der Waals surface area (Å²) in [6, 6.07) is 19.9. The molecule has 3 aromatic rings. The standard InChI is InChI=1S/C31H31BFNO6/c1-30(2)31(3,4)40-32(39-30)19(16-25-24(28(35)36)14-9-15-27(25)33)17-34-29(37)38-18-26-22-12-7-5-10-20(22)21-11-6-8-13-23(21)26/h5-16,26H,17-18H2,1-4H3,(H,34,37)(H,35,36). The van der Waals surface area contributed by atoms with Crippen LogP contribution in [-0.2, 0) is 14.0 Å². The lowest BCUT2D eigenvalue weighted by Gasteiger charge is -2.32. The molecule has 0 saturated carbocycles. The van der Waals surface area contributed by atoms with Gasteiger partial charge in [-0.05, 0) is 67.6 Å². The molecule has 1 aliphatic carbocycles. The van der Waals surface area contributed by atoms with Gasteiger partial charge in [-0.2, -0.15) is 0 Å². The van der Waals surface area contributed by atoms with E-state index < -0.39 is 36.2 Å².